The second-order valence-corrected chi connectivity index (χ2v) is 17.0. The van der Waals surface area contributed by atoms with Gasteiger partial charge in [-0.05, 0) is 80.3 Å². The Kier molecular flexibility index (Phi) is 20.8. The summed E-state index contributed by atoms with van der Waals surface area (Å²) in [7, 11) is 0. The molecule has 0 radical (unpaired) electrons. The Morgan fingerprint density at radius 3 is 1.85 bits per heavy atom. The number of unbranched alkanes of at least 4 members (excludes halogenated alkanes) is 1. The molecule has 368 valence electrons. The Morgan fingerprint density at radius 2 is 1.25 bits per heavy atom. The molecule has 2 aromatic heterocycles. The second-order valence-electron chi connectivity index (χ2n) is 17.0. The highest BCUT2D eigenvalue weighted by Crippen LogP contribution is 2.20. The van der Waals surface area contributed by atoms with Gasteiger partial charge in [-0.2, -0.15) is 0 Å². The maximum atomic E-state index is 14.5. The third kappa shape index (κ3) is 17.4. The number of aromatic hydroxyl groups is 1. The molecule has 0 aliphatic carbocycles. The summed E-state index contributed by atoms with van der Waals surface area (Å²) < 4.78 is 0. The number of nitrogens with one attached hydrogen (secondary N) is 8. The molecule has 0 saturated heterocycles. The SMILES string of the molecule is CC(=O)N[C@@H](CCCCN)C(=O)N[C@@H](CCCN=C(N)N)C(=O)N[C@@H](Cc1ccc(O)cc1)C(=O)N[C@@H](CC(C)C)C(=O)N[C@@H](Cc1c[nH]c2ccccc12)C(=O)N[C@@H](Cc1cnc[nH]1)C(N)=O. The summed E-state index contributed by atoms with van der Waals surface area (Å²) in [6.45, 7) is 5.43. The number of hydrogen-bond acceptors (Lipinski definition) is 11. The molecule has 0 spiro atoms. The molecule has 6 atom stereocenters. The number of para-hydroxylation sites is 1. The van der Waals surface area contributed by atoms with Crippen LogP contribution in [0.25, 0.3) is 10.9 Å². The summed E-state index contributed by atoms with van der Waals surface area (Å²) in [6.07, 6.45) is 6.20. The Labute approximate surface area is 394 Å². The van der Waals surface area contributed by atoms with Crippen LogP contribution in [0.4, 0.5) is 0 Å². The molecule has 68 heavy (non-hydrogen) atoms. The lowest BCUT2D eigenvalue weighted by Gasteiger charge is -2.28. The smallest absolute Gasteiger partial charge is 0.243 e. The molecule has 0 aliphatic rings. The molecule has 17 N–H and O–H groups in total. The van der Waals surface area contributed by atoms with Gasteiger partial charge in [0.15, 0.2) is 5.96 Å². The number of nitrogens with zero attached hydrogens (tertiary/aromatic N) is 2. The van der Waals surface area contributed by atoms with Gasteiger partial charge in [0.25, 0.3) is 0 Å². The number of phenols is 1. The van der Waals surface area contributed by atoms with Gasteiger partial charge in [-0.3, -0.25) is 38.6 Å². The van der Waals surface area contributed by atoms with E-state index in [2.05, 4.69) is 51.8 Å². The van der Waals surface area contributed by atoms with E-state index in [1.165, 1.54) is 31.6 Å². The van der Waals surface area contributed by atoms with Crippen molar-refractivity contribution >= 4 is 58.2 Å². The highest BCUT2D eigenvalue weighted by molar-refractivity contribution is 5.97. The van der Waals surface area contributed by atoms with E-state index in [0.717, 1.165) is 10.9 Å². The number of carbonyl (C=O) groups excluding carboxylic acids is 7. The first-order valence-corrected chi connectivity index (χ1v) is 22.6. The molecular formula is C46H66N14O8. The van der Waals surface area contributed by atoms with E-state index in [0.29, 0.717) is 36.2 Å². The Morgan fingerprint density at radius 1 is 0.676 bits per heavy atom. The number of benzene rings is 2. The van der Waals surface area contributed by atoms with Crippen molar-refractivity contribution in [2.24, 2.45) is 33.8 Å². The zero-order valence-electron chi connectivity index (χ0n) is 38.7. The highest BCUT2D eigenvalue weighted by atomic mass is 16.3. The van der Waals surface area contributed by atoms with E-state index in [1.54, 1.807) is 18.3 Å². The van der Waals surface area contributed by atoms with Gasteiger partial charge < -0.3 is 69.9 Å². The molecule has 0 unspecified atom stereocenters. The number of aromatic nitrogens is 3. The van der Waals surface area contributed by atoms with Crippen LogP contribution in [0.2, 0.25) is 0 Å². The summed E-state index contributed by atoms with van der Waals surface area (Å²) in [5.74, 6) is -5.26. The van der Waals surface area contributed by atoms with Crippen LogP contribution >= 0.6 is 0 Å². The average Bonchev–Trinajstić information content (AvgIpc) is 3.96. The Bertz CT molecular complexity index is 2330. The van der Waals surface area contributed by atoms with E-state index in [9.17, 15) is 38.7 Å². The summed E-state index contributed by atoms with van der Waals surface area (Å²) in [5.41, 5.74) is 24.9. The van der Waals surface area contributed by atoms with Gasteiger partial charge in [0.2, 0.25) is 41.4 Å². The summed E-state index contributed by atoms with van der Waals surface area (Å²) >= 11 is 0. The number of rotatable bonds is 28. The van der Waals surface area contributed by atoms with Crippen LogP contribution in [0, 0.1) is 5.92 Å². The van der Waals surface area contributed by atoms with Crippen LogP contribution in [0.3, 0.4) is 0 Å². The van der Waals surface area contributed by atoms with Crippen molar-refractivity contribution in [3.63, 3.8) is 0 Å². The number of nitrogens with two attached hydrogens (primary N) is 4. The van der Waals surface area contributed by atoms with Crippen molar-refractivity contribution in [3.8, 4) is 5.75 Å². The van der Waals surface area contributed by atoms with Crippen molar-refractivity contribution in [3.05, 3.63) is 84.1 Å². The molecule has 0 aliphatic heterocycles. The maximum absolute atomic E-state index is 14.5. The molecule has 4 rings (SSSR count). The molecule has 2 aromatic carbocycles. The number of imidazole rings is 1. The number of fused-ring (bicyclic) bond motifs is 1. The minimum Gasteiger partial charge on any atom is -0.508 e. The van der Waals surface area contributed by atoms with E-state index in [1.807, 2.05) is 38.1 Å². The molecular weight excluding hydrogens is 877 g/mol. The minimum atomic E-state index is -1.36. The fraction of sp³-hybridized carbons (Fsp3) is 0.457. The van der Waals surface area contributed by atoms with Gasteiger partial charge in [0.1, 0.15) is 42.0 Å². The van der Waals surface area contributed by atoms with Crippen LogP contribution in [0.1, 0.15) is 76.1 Å². The van der Waals surface area contributed by atoms with Gasteiger partial charge in [-0.15, -0.1) is 0 Å². The zero-order valence-corrected chi connectivity index (χ0v) is 38.7. The lowest BCUT2D eigenvalue weighted by atomic mass is 9.99. The number of aliphatic imine (C=N–C) groups is 1. The van der Waals surface area contributed by atoms with Crippen LogP contribution in [-0.2, 0) is 52.8 Å². The second kappa shape index (κ2) is 26.6. The molecule has 2 heterocycles. The van der Waals surface area contributed by atoms with Crippen molar-refractivity contribution in [2.45, 2.75) is 115 Å². The lowest BCUT2D eigenvalue weighted by molar-refractivity contribution is -0.135. The maximum Gasteiger partial charge on any atom is 0.243 e. The average molecular weight is 943 g/mol. The van der Waals surface area contributed by atoms with Crippen LogP contribution < -0.4 is 54.8 Å². The molecule has 22 nitrogen and oxygen atoms in total. The molecule has 7 amide bonds. The standard InChI is InChI=1S/C46H66N14O8/c1-26(2)19-37(43(66)60-39(21-29-23-53-33-10-5-4-9-32(29)33)45(68)57-36(40(48)63)22-30-24-51-25-54-30)58-44(67)38(20-28-13-15-31(62)16-14-28)59-42(65)35(12-8-18-52-46(49)50)56-41(64)34(55-27(3)61)11-6-7-17-47/h4-5,9-10,13-16,23-26,34-39,53,62H,6-8,11-12,17-22,47H2,1-3H3,(H2,48,63)(H,51,54)(H,55,61)(H,56,64)(H,57,68)(H,58,67)(H,59,65)(H,60,66)(H4,49,50,52)/t34-,35-,36-,37-,38-,39-/m0/s1. The number of H-pyrrole nitrogens is 2. The van der Waals surface area contributed by atoms with Gasteiger partial charge in [0, 0.05) is 61.7 Å². The number of aromatic amines is 2. The lowest BCUT2D eigenvalue weighted by Crippen LogP contribution is -2.60. The van der Waals surface area contributed by atoms with E-state index >= 15 is 0 Å². The van der Waals surface area contributed by atoms with Crippen LogP contribution in [-0.4, -0.2) is 117 Å². The monoisotopic (exact) mass is 943 g/mol. The number of hydrogen-bond donors (Lipinski definition) is 13. The molecule has 0 saturated carbocycles. The van der Waals surface area contributed by atoms with Crippen molar-refractivity contribution < 1.29 is 38.7 Å². The minimum absolute atomic E-state index is 0.000477. The predicted octanol–water partition coefficient (Wildman–Crippen LogP) is -0.733. The van der Waals surface area contributed by atoms with Gasteiger partial charge in [0.05, 0.1) is 6.33 Å². The van der Waals surface area contributed by atoms with Crippen LogP contribution in [0.5, 0.6) is 5.75 Å². The third-order valence-electron chi connectivity index (χ3n) is 10.9. The van der Waals surface area contributed by atoms with Gasteiger partial charge in [-0.25, -0.2) is 4.98 Å². The zero-order chi connectivity index (χ0) is 49.8. The third-order valence-corrected chi connectivity index (χ3v) is 10.9. The highest BCUT2D eigenvalue weighted by Gasteiger charge is 2.34. The first-order chi connectivity index (χ1) is 32.4. The fourth-order valence-electron chi connectivity index (χ4n) is 7.49. The fourth-order valence-corrected chi connectivity index (χ4v) is 7.49. The quantitative estimate of drug-likeness (QED) is 0.0190. The van der Waals surface area contributed by atoms with Gasteiger partial charge >= 0.3 is 0 Å². The van der Waals surface area contributed by atoms with E-state index in [4.69, 9.17) is 22.9 Å². The van der Waals surface area contributed by atoms with Crippen molar-refractivity contribution in [1.82, 2.24) is 46.9 Å². The Hall–Kier alpha value is -7.49. The van der Waals surface area contributed by atoms with Gasteiger partial charge in [-0.1, -0.05) is 44.2 Å². The number of carbonyl (C=O) groups is 7. The molecule has 0 fully saturated rings. The molecule has 22 heteroatoms. The van der Waals surface area contributed by atoms with E-state index < -0.39 is 77.6 Å². The number of primary amides is 1. The summed E-state index contributed by atoms with van der Waals surface area (Å²) in [6, 6.07) is 6.07. The molecule has 0 bridgehead atoms. The number of phenolic OH excluding ortho intramolecular Hbond substituents is 1. The largest absolute Gasteiger partial charge is 0.508 e. The topological polar surface area (TPSA) is 373 Å². The Balaban J connectivity index is 1.64. The van der Waals surface area contributed by atoms with E-state index in [-0.39, 0.29) is 69.1 Å². The number of guanidine groups is 1. The van der Waals surface area contributed by atoms with Crippen LogP contribution in [0.15, 0.2) is 72.2 Å². The normalized spacial score (nSPS) is 13.8. The summed E-state index contributed by atoms with van der Waals surface area (Å²) in [5, 5.41) is 27.2. The van der Waals surface area contributed by atoms with Crippen molar-refractivity contribution in [2.75, 3.05) is 13.1 Å². The van der Waals surface area contributed by atoms with Crippen molar-refractivity contribution in [1.29, 1.82) is 0 Å². The predicted molar refractivity (Wildman–Crippen MR) is 255 cm³/mol. The number of amides is 7. The first kappa shape index (κ1) is 53.1. The molecule has 4 aromatic rings. The summed E-state index contributed by atoms with van der Waals surface area (Å²) in [4.78, 5) is 110. The first-order valence-electron chi connectivity index (χ1n) is 22.6.